The Kier molecular flexibility index (Phi) is 3.74. The average molecular weight is 344 g/mol. The highest BCUT2D eigenvalue weighted by atomic mass is 35.5. The van der Waals surface area contributed by atoms with Gasteiger partial charge in [0.1, 0.15) is 5.82 Å². The molecule has 0 aliphatic heterocycles. The van der Waals surface area contributed by atoms with Gasteiger partial charge in [0.05, 0.1) is 22.4 Å². The molecule has 0 spiro atoms. The van der Waals surface area contributed by atoms with E-state index in [4.69, 9.17) is 16.9 Å². The van der Waals surface area contributed by atoms with Gasteiger partial charge in [0.2, 0.25) is 0 Å². The molecule has 0 N–H and O–H groups in total. The maximum atomic E-state index is 14.4. The Morgan fingerprint density at radius 2 is 1.71 bits per heavy atom. The molecule has 0 bridgehead atoms. The first-order valence-corrected chi connectivity index (χ1v) is 7.32. The van der Waals surface area contributed by atoms with Crippen molar-refractivity contribution in [2.24, 2.45) is 14.1 Å². The van der Waals surface area contributed by atoms with E-state index in [9.17, 15) is 14.0 Å². The van der Waals surface area contributed by atoms with Crippen LogP contribution in [0.25, 0.3) is 21.9 Å². The van der Waals surface area contributed by atoms with Crippen LogP contribution in [0.15, 0.2) is 39.9 Å². The Bertz CT molecular complexity index is 1160. The number of nitriles is 1. The summed E-state index contributed by atoms with van der Waals surface area (Å²) in [4.78, 5) is 25.1. The minimum atomic E-state index is -0.666. The number of aromatic nitrogens is 2. The predicted octanol–water partition coefficient (Wildman–Crippen LogP) is 2.57. The molecule has 24 heavy (non-hydrogen) atoms. The zero-order chi connectivity index (χ0) is 17.6. The zero-order valence-corrected chi connectivity index (χ0v) is 13.6. The lowest BCUT2D eigenvalue weighted by Gasteiger charge is -2.12. The van der Waals surface area contributed by atoms with Crippen molar-refractivity contribution >= 4 is 22.4 Å². The van der Waals surface area contributed by atoms with E-state index >= 15 is 0 Å². The molecule has 5 nitrogen and oxygen atoms in total. The number of hydrogen-bond donors (Lipinski definition) is 0. The first-order valence-electron chi connectivity index (χ1n) is 6.94. The predicted molar refractivity (Wildman–Crippen MR) is 89.5 cm³/mol. The monoisotopic (exact) mass is 343 g/mol. The first kappa shape index (κ1) is 16.0. The molecule has 1 aromatic heterocycles. The lowest BCUT2D eigenvalue weighted by molar-refractivity contribution is 0.543. The standard InChI is InChI=1S/C17H11ClFN3O2/c1-21-16(23)13-7-10(18)6-12(15(13)17(24)22(21)2)11-4-3-9(8-20)5-14(11)19/h3-7H,1-2H3. The second-order valence-corrected chi connectivity index (χ2v) is 5.78. The third-order valence-corrected chi connectivity index (χ3v) is 4.19. The molecule has 3 aromatic rings. The van der Waals surface area contributed by atoms with Crippen LogP contribution in [0.3, 0.4) is 0 Å². The van der Waals surface area contributed by atoms with Crippen molar-refractivity contribution in [3.63, 3.8) is 0 Å². The fourth-order valence-electron chi connectivity index (χ4n) is 2.63. The minimum Gasteiger partial charge on any atom is -0.267 e. The number of hydrogen-bond acceptors (Lipinski definition) is 3. The van der Waals surface area contributed by atoms with Crippen molar-refractivity contribution in [1.82, 2.24) is 9.36 Å². The Morgan fingerprint density at radius 1 is 1.04 bits per heavy atom. The van der Waals surface area contributed by atoms with Gasteiger partial charge in [0.15, 0.2) is 0 Å². The van der Waals surface area contributed by atoms with Crippen LogP contribution >= 0.6 is 11.6 Å². The molecular formula is C17H11ClFN3O2. The van der Waals surface area contributed by atoms with Gasteiger partial charge in [-0.05, 0) is 29.8 Å². The number of benzene rings is 2. The summed E-state index contributed by atoms with van der Waals surface area (Å²) in [5, 5.41) is 9.27. The van der Waals surface area contributed by atoms with Gasteiger partial charge in [-0.15, -0.1) is 0 Å². The molecule has 2 aromatic carbocycles. The molecule has 0 aliphatic carbocycles. The highest BCUT2D eigenvalue weighted by molar-refractivity contribution is 6.32. The summed E-state index contributed by atoms with van der Waals surface area (Å²) < 4.78 is 16.7. The fraction of sp³-hybridized carbons (Fsp3) is 0.118. The van der Waals surface area contributed by atoms with Gasteiger partial charge in [-0.3, -0.25) is 19.0 Å². The van der Waals surface area contributed by atoms with E-state index in [0.717, 1.165) is 10.7 Å². The average Bonchev–Trinajstić information content (AvgIpc) is 2.57. The number of rotatable bonds is 1. The molecule has 0 saturated carbocycles. The highest BCUT2D eigenvalue weighted by Gasteiger charge is 2.17. The summed E-state index contributed by atoms with van der Waals surface area (Å²) in [6.07, 6.45) is 0. The molecule has 0 radical (unpaired) electrons. The number of nitrogens with zero attached hydrogens (tertiary/aromatic N) is 3. The van der Waals surface area contributed by atoms with E-state index in [1.807, 2.05) is 6.07 Å². The van der Waals surface area contributed by atoms with Crippen molar-refractivity contribution < 1.29 is 4.39 Å². The Morgan fingerprint density at radius 3 is 2.33 bits per heavy atom. The largest absolute Gasteiger partial charge is 0.273 e. The Labute approximate surface area is 140 Å². The van der Waals surface area contributed by atoms with Crippen molar-refractivity contribution in [2.45, 2.75) is 0 Å². The van der Waals surface area contributed by atoms with Crippen LogP contribution in [-0.2, 0) is 14.1 Å². The first-order chi connectivity index (χ1) is 11.3. The van der Waals surface area contributed by atoms with Crippen molar-refractivity contribution in [3.8, 4) is 17.2 Å². The minimum absolute atomic E-state index is 0.0913. The molecule has 0 saturated heterocycles. The van der Waals surface area contributed by atoms with Crippen LogP contribution in [0, 0.1) is 17.1 Å². The molecule has 1 heterocycles. The molecule has 0 atom stereocenters. The van der Waals surface area contributed by atoms with Crippen LogP contribution in [0.1, 0.15) is 5.56 Å². The van der Waals surface area contributed by atoms with Crippen molar-refractivity contribution in [1.29, 1.82) is 5.26 Å². The van der Waals surface area contributed by atoms with E-state index in [-0.39, 0.29) is 32.5 Å². The van der Waals surface area contributed by atoms with Crippen LogP contribution in [-0.4, -0.2) is 9.36 Å². The third-order valence-electron chi connectivity index (χ3n) is 3.97. The quantitative estimate of drug-likeness (QED) is 0.682. The lowest BCUT2D eigenvalue weighted by atomic mass is 9.98. The van der Waals surface area contributed by atoms with Gasteiger partial charge in [0, 0.05) is 24.7 Å². The maximum Gasteiger partial charge on any atom is 0.273 e. The van der Waals surface area contributed by atoms with Crippen LogP contribution in [0.5, 0.6) is 0 Å². The fourth-order valence-corrected chi connectivity index (χ4v) is 2.85. The molecule has 7 heteroatoms. The van der Waals surface area contributed by atoms with Gasteiger partial charge < -0.3 is 0 Å². The van der Waals surface area contributed by atoms with E-state index in [0.29, 0.717) is 0 Å². The van der Waals surface area contributed by atoms with E-state index in [1.165, 1.54) is 43.0 Å². The Hall–Kier alpha value is -2.91. The summed E-state index contributed by atoms with van der Waals surface area (Å²) in [5.41, 5.74) is -0.372. The number of halogens is 2. The van der Waals surface area contributed by atoms with Crippen molar-refractivity contribution in [2.75, 3.05) is 0 Å². The smallest absolute Gasteiger partial charge is 0.267 e. The van der Waals surface area contributed by atoms with Crippen LogP contribution in [0.4, 0.5) is 4.39 Å². The van der Waals surface area contributed by atoms with E-state index in [1.54, 1.807) is 0 Å². The van der Waals surface area contributed by atoms with Gasteiger partial charge in [0.25, 0.3) is 11.1 Å². The molecule has 120 valence electrons. The van der Waals surface area contributed by atoms with E-state index in [2.05, 4.69) is 0 Å². The number of fused-ring (bicyclic) bond motifs is 1. The van der Waals surface area contributed by atoms with Crippen LogP contribution in [0.2, 0.25) is 5.02 Å². The van der Waals surface area contributed by atoms with Crippen LogP contribution < -0.4 is 11.1 Å². The summed E-state index contributed by atoms with van der Waals surface area (Å²) in [5.74, 6) is -0.666. The molecule has 0 fully saturated rings. The third kappa shape index (κ3) is 2.30. The lowest BCUT2D eigenvalue weighted by Crippen LogP contribution is -2.35. The van der Waals surface area contributed by atoms with Crippen molar-refractivity contribution in [3.05, 3.63) is 67.4 Å². The second kappa shape index (κ2) is 5.62. The van der Waals surface area contributed by atoms with Gasteiger partial charge in [-0.25, -0.2) is 4.39 Å². The molecule has 0 unspecified atom stereocenters. The highest BCUT2D eigenvalue weighted by Crippen LogP contribution is 2.31. The Balaban J connectivity index is 2.53. The molecule has 0 amide bonds. The summed E-state index contributed by atoms with van der Waals surface area (Å²) >= 11 is 6.07. The van der Waals surface area contributed by atoms with Gasteiger partial charge in [-0.1, -0.05) is 17.7 Å². The zero-order valence-electron chi connectivity index (χ0n) is 12.8. The molecule has 3 rings (SSSR count). The normalized spacial score (nSPS) is 10.8. The topological polar surface area (TPSA) is 67.8 Å². The SMILES string of the molecule is Cn1c(=O)c2cc(Cl)cc(-c3ccc(C#N)cc3F)c2c(=O)n1C. The molecule has 0 aliphatic rings. The van der Waals surface area contributed by atoms with Gasteiger partial charge >= 0.3 is 0 Å². The summed E-state index contributed by atoms with van der Waals surface area (Å²) in [6.45, 7) is 0. The second-order valence-electron chi connectivity index (χ2n) is 5.34. The summed E-state index contributed by atoms with van der Waals surface area (Å²) in [6, 6.07) is 8.60. The van der Waals surface area contributed by atoms with E-state index < -0.39 is 16.9 Å². The molecular weight excluding hydrogens is 333 g/mol. The maximum absolute atomic E-state index is 14.4. The summed E-state index contributed by atoms with van der Waals surface area (Å²) in [7, 11) is 2.92. The van der Waals surface area contributed by atoms with Gasteiger partial charge in [-0.2, -0.15) is 5.26 Å².